The number of aromatic hydroxyl groups is 1. The molecule has 1 aromatic heterocycles. The van der Waals surface area contributed by atoms with Crippen LogP contribution in [0.15, 0.2) is 67.1 Å². The first-order valence-corrected chi connectivity index (χ1v) is 8.94. The standard InChI is InChI=1S/C21H20ClN3O2/c1-25(13-16-9-10-23-14-24-16)21(27)12-19(15-5-4-6-17(26)11-15)18-7-2-3-8-20(18)22/h2-11,14,19,26H,12-13H2,1H3. The number of nitrogens with zero attached hydrogens (tertiary/aromatic N) is 3. The Balaban J connectivity index is 1.85. The molecule has 0 saturated heterocycles. The number of carbonyl (C=O) groups excluding carboxylic acids is 1. The second kappa shape index (κ2) is 8.64. The summed E-state index contributed by atoms with van der Waals surface area (Å²) in [5.41, 5.74) is 2.47. The maximum absolute atomic E-state index is 12.9. The van der Waals surface area contributed by atoms with Crippen LogP contribution in [0, 0.1) is 0 Å². The van der Waals surface area contributed by atoms with Gasteiger partial charge in [0.2, 0.25) is 5.91 Å². The van der Waals surface area contributed by atoms with E-state index in [-0.39, 0.29) is 24.0 Å². The van der Waals surface area contributed by atoms with Gasteiger partial charge in [-0.05, 0) is 35.4 Å². The molecule has 6 heteroatoms. The van der Waals surface area contributed by atoms with E-state index in [1.54, 1.807) is 42.4 Å². The summed E-state index contributed by atoms with van der Waals surface area (Å²) in [6.45, 7) is 0.399. The van der Waals surface area contributed by atoms with E-state index in [0.29, 0.717) is 11.6 Å². The number of aromatic nitrogens is 2. The van der Waals surface area contributed by atoms with Crippen molar-refractivity contribution in [3.05, 3.63) is 89.0 Å². The van der Waals surface area contributed by atoms with Crippen molar-refractivity contribution in [3.63, 3.8) is 0 Å². The van der Waals surface area contributed by atoms with Gasteiger partial charge in [-0.2, -0.15) is 0 Å². The minimum absolute atomic E-state index is 0.0399. The lowest BCUT2D eigenvalue weighted by molar-refractivity contribution is -0.130. The van der Waals surface area contributed by atoms with E-state index in [2.05, 4.69) is 9.97 Å². The zero-order valence-electron chi connectivity index (χ0n) is 14.9. The zero-order chi connectivity index (χ0) is 19.2. The van der Waals surface area contributed by atoms with Crippen LogP contribution in [0.4, 0.5) is 0 Å². The largest absolute Gasteiger partial charge is 0.508 e. The van der Waals surface area contributed by atoms with Crippen molar-refractivity contribution in [1.82, 2.24) is 14.9 Å². The number of carbonyl (C=O) groups is 1. The maximum Gasteiger partial charge on any atom is 0.223 e. The molecule has 1 atom stereocenters. The molecular formula is C21H20ClN3O2. The Morgan fingerprint density at radius 2 is 2.00 bits per heavy atom. The van der Waals surface area contributed by atoms with Crippen molar-refractivity contribution < 1.29 is 9.90 Å². The van der Waals surface area contributed by atoms with E-state index < -0.39 is 0 Å². The molecule has 27 heavy (non-hydrogen) atoms. The molecule has 138 valence electrons. The highest BCUT2D eigenvalue weighted by Gasteiger charge is 2.23. The maximum atomic E-state index is 12.9. The van der Waals surface area contributed by atoms with Crippen molar-refractivity contribution in [2.45, 2.75) is 18.9 Å². The van der Waals surface area contributed by atoms with Crippen molar-refractivity contribution in [1.29, 1.82) is 0 Å². The SMILES string of the molecule is CN(Cc1ccncn1)C(=O)CC(c1cccc(O)c1)c1ccccc1Cl. The van der Waals surface area contributed by atoms with Crippen LogP contribution in [0.5, 0.6) is 5.75 Å². The summed E-state index contributed by atoms with van der Waals surface area (Å²) < 4.78 is 0. The molecule has 1 heterocycles. The van der Waals surface area contributed by atoms with E-state index in [0.717, 1.165) is 16.8 Å². The van der Waals surface area contributed by atoms with Crippen LogP contribution in [0.1, 0.15) is 29.2 Å². The van der Waals surface area contributed by atoms with Crippen LogP contribution >= 0.6 is 11.6 Å². The quantitative estimate of drug-likeness (QED) is 0.700. The lowest BCUT2D eigenvalue weighted by atomic mass is 9.88. The fraction of sp³-hybridized carbons (Fsp3) is 0.190. The smallest absolute Gasteiger partial charge is 0.223 e. The van der Waals surface area contributed by atoms with Gasteiger partial charge in [-0.25, -0.2) is 9.97 Å². The zero-order valence-corrected chi connectivity index (χ0v) is 15.7. The Bertz CT molecular complexity index is 918. The summed E-state index contributed by atoms with van der Waals surface area (Å²) in [4.78, 5) is 22.6. The molecule has 0 saturated carbocycles. The van der Waals surface area contributed by atoms with E-state index >= 15 is 0 Å². The van der Waals surface area contributed by atoms with Gasteiger partial charge in [0.05, 0.1) is 12.2 Å². The van der Waals surface area contributed by atoms with E-state index in [4.69, 9.17) is 11.6 Å². The number of phenolic OH excluding ortho intramolecular Hbond substituents is 1. The Morgan fingerprint density at radius 3 is 2.70 bits per heavy atom. The molecule has 3 rings (SSSR count). The number of halogens is 1. The lowest BCUT2D eigenvalue weighted by Crippen LogP contribution is -2.28. The molecule has 1 N–H and O–H groups in total. The summed E-state index contributed by atoms with van der Waals surface area (Å²) in [5, 5.41) is 10.5. The molecule has 0 radical (unpaired) electrons. The van der Waals surface area contributed by atoms with Gasteiger partial charge in [0.25, 0.3) is 0 Å². The van der Waals surface area contributed by atoms with Crippen LogP contribution in [-0.2, 0) is 11.3 Å². The molecule has 0 spiro atoms. The van der Waals surface area contributed by atoms with Crippen LogP contribution in [0.25, 0.3) is 0 Å². The summed E-state index contributed by atoms with van der Waals surface area (Å²) in [7, 11) is 1.75. The van der Waals surface area contributed by atoms with E-state index in [1.807, 2.05) is 30.3 Å². The minimum atomic E-state index is -0.258. The lowest BCUT2D eigenvalue weighted by Gasteiger charge is -2.23. The predicted octanol–water partition coefficient (Wildman–Crippen LogP) is 4.02. The highest BCUT2D eigenvalue weighted by Crippen LogP contribution is 2.34. The van der Waals surface area contributed by atoms with Crippen molar-refractivity contribution in [2.24, 2.45) is 0 Å². The van der Waals surface area contributed by atoms with Gasteiger partial charge in [0.15, 0.2) is 0 Å². The molecular weight excluding hydrogens is 362 g/mol. The number of phenols is 1. The van der Waals surface area contributed by atoms with Gasteiger partial charge >= 0.3 is 0 Å². The molecule has 3 aromatic rings. The van der Waals surface area contributed by atoms with Gasteiger partial charge in [-0.15, -0.1) is 0 Å². The average Bonchev–Trinajstić information content (AvgIpc) is 2.67. The summed E-state index contributed by atoms with van der Waals surface area (Å²) >= 11 is 6.40. The molecule has 0 fully saturated rings. The number of rotatable bonds is 6. The molecule has 0 aliphatic carbocycles. The summed E-state index contributed by atoms with van der Waals surface area (Å²) in [6, 6.07) is 16.2. The second-order valence-electron chi connectivity index (χ2n) is 6.32. The first-order valence-electron chi connectivity index (χ1n) is 8.57. The monoisotopic (exact) mass is 381 g/mol. The molecule has 2 aromatic carbocycles. The molecule has 5 nitrogen and oxygen atoms in total. The van der Waals surface area contributed by atoms with E-state index in [1.165, 1.54) is 6.33 Å². The van der Waals surface area contributed by atoms with Crippen molar-refractivity contribution >= 4 is 17.5 Å². The third-order valence-corrected chi connectivity index (χ3v) is 4.74. The Labute approximate surface area is 163 Å². The molecule has 0 bridgehead atoms. The highest BCUT2D eigenvalue weighted by atomic mass is 35.5. The Hall–Kier alpha value is -2.92. The molecule has 1 unspecified atom stereocenters. The van der Waals surface area contributed by atoms with Crippen LogP contribution < -0.4 is 0 Å². The Morgan fingerprint density at radius 1 is 1.19 bits per heavy atom. The van der Waals surface area contributed by atoms with Gasteiger partial charge in [0, 0.05) is 30.6 Å². The van der Waals surface area contributed by atoms with Gasteiger partial charge < -0.3 is 10.0 Å². The first kappa shape index (κ1) is 18.9. The van der Waals surface area contributed by atoms with Gasteiger partial charge in [0.1, 0.15) is 12.1 Å². The Kier molecular flexibility index (Phi) is 6.04. The van der Waals surface area contributed by atoms with Crippen LogP contribution in [0.3, 0.4) is 0 Å². The molecule has 1 amide bonds. The predicted molar refractivity (Wildman–Crippen MR) is 105 cm³/mol. The van der Waals surface area contributed by atoms with Crippen molar-refractivity contribution in [3.8, 4) is 5.75 Å². The normalized spacial score (nSPS) is 11.8. The third-order valence-electron chi connectivity index (χ3n) is 4.40. The van der Waals surface area contributed by atoms with Crippen molar-refractivity contribution in [2.75, 3.05) is 7.05 Å². The molecule has 0 aliphatic rings. The first-order chi connectivity index (χ1) is 13.0. The van der Waals surface area contributed by atoms with E-state index in [9.17, 15) is 9.90 Å². The molecule has 0 aliphatic heterocycles. The summed E-state index contributed by atoms with van der Waals surface area (Å²) in [5.74, 6) is -0.139. The number of amides is 1. The highest BCUT2D eigenvalue weighted by molar-refractivity contribution is 6.31. The topological polar surface area (TPSA) is 66.3 Å². The van der Waals surface area contributed by atoms with Crippen LogP contribution in [0.2, 0.25) is 5.02 Å². The number of hydrogen-bond donors (Lipinski definition) is 1. The van der Waals surface area contributed by atoms with Crippen LogP contribution in [-0.4, -0.2) is 32.9 Å². The fourth-order valence-corrected chi connectivity index (χ4v) is 3.25. The second-order valence-corrected chi connectivity index (χ2v) is 6.73. The average molecular weight is 382 g/mol. The minimum Gasteiger partial charge on any atom is -0.508 e. The number of hydrogen-bond acceptors (Lipinski definition) is 4. The van der Waals surface area contributed by atoms with Gasteiger partial charge in [-0.3, -0.25) is 4.79 Å². The third kappa shape index (κ3) is 4.83. The fourth-order valence-electron chi connectivity index (χ4n) is 2.98. The summed E-state index contributed by atoms with van der Waals surface area (Å²) in [6.07, 6.45) is 3.35. The van der Waals surface area contributed by atoms with Gasteiger partial charge in [-0.1, -0.05) is 41.9 Å². The number of benzene rings is 2.